The van der Waals surface area contributed by atoms with Gasteiger partial charge < -0.3 is 14.7 Å². The fraction of sp³-hybridized carbons (Fsp3) is 0.700. The van der Waals surface area contributed by atoms with E-state index in [4.69, 9.17) is 9.84 Å². The van der Waals surface area contributed by atoms with E-state index in [0.717, 1.165) is 32.6 Å². The van der Waals surface area contributed by atoms with E-state index in [0.29, 0.717) is 5.92 Å². The molecule has 0 aromatic heterocycles. The Morgan fingerprint density at radius 2 is 2.21 bits per heavy atom. The summed E-state index contributed by atoms with van der Waals surface area (Å²) < 4.78 is 5.25. The third kappa shape index (κ3) is 4.28. The summed E-state index contributed by atoms with van der Waals surface area (Å²) in [4.78, 5) is 12.2. The van der Waals surface area contributed by atoms with Crippen molar-refractivity contribution in [3.8, 4) is 0 Å². The normalized spacial score (nSPS) is 18.6. The summed E-state index contributed by atoms with van der Waals surface area (Å²) in [5.41, 5.74) is 0. The molecule has 1 N–H and O–H groups in total. The van der Waals surface area contributed by atoms with Crippen LogP contribution in [0.2, 0.25) is 0 Å². The van der Waals surface area contributed by atoms with Crippen LogP contribution in [0.5, 0.6) is 0 Å². The molecule has 0 aliphatic carbocycles. The molecule has 0 amide bonds. The van der Waals surface area contributed by atoms with Crippen LogP contribution >= 0.6 is 0 Å². The Labute approximate surface area is 84.2 Å². The van der Waals surface area contributed by atoms with Crippen LogP contribution in [0, 0.1) is 5.92 Å². The van der Waals surface area contributed by atoms with E-state index in [1.165, 1.54) is 6.08 Å². The van der Waals surface area contributed by atoms with Gasteiger partial charge >= 0.3 is 5.97 Å². The van der Waals surface area contributed by atoms with Gasteiger partial charge in [-0.25, -0.2) is 4.79 Å². The van der Waals surface area contributed by atoms with E-state index in [1.54, 1.807) is 6.20 Å². The maximum atomic E-state index is 10.3. The molecule has 4 heteroatoms. The molecule has 1 fully saturated rings. The summed E-state index contributed by atoms with van der Waals surface area (Å²) in [6.07, 6.45) is 4.92. The lowest BCUT2D eigenvalue weighted by Gasteiger charge is -2.26. The Bertz CT molecular complexity index is 209. The summed E-state index contributed by atoms with van der Waals surface area (Å²) in [5.74, 6) is -0.268. The van der Waals surface area contributed by atoms with Gasteiger partial charge in [0.2, 0.25) is 0 Å². The van der Waals surface area contributed by atoms with Gasteiger partial charge in [-0.2, -0.15) is 0 Å². The van der Waals surface area contributed by atoms with Crippen LogP contribution in [-0.2, 0) is 9.53 Å². The number of ether oxygens (including phenoxy) is 1. The maximum Gasteiger partial charge on any atom is 0.329 e. The number of carboxylic acids is 1. The van der Waals surface area contributed by atoms with Crippen LogP contribution < -0.4 is 0 Å². The minimum atomic E-state index is -0.899. The van der Waals surface area contributed by atoms with Crippen molar-refractivity contribution >= 4 is 5.97 Å². The molecule has 0 aromatic carbocycles. The van der Waals surface area contributed by atoms with Gasteiger partial charge in [0.05, 0.1) is 0 Å². The Balaban J connectivity index is 2.24. The average Bonchev–Trinajstić information content (AvgIpc) is 2.16. The summed E-state index contributed by atoms with van der Waals surface area (Å²) in [6, 6.07) is 0. The van der Waals surface area contributed by atoms with Gasteiger partial charge in [-0.15, -0.1) is 0 Å². The van der Waals surface area contributed by atoms with Crippen LogP contribution in [0.25, 0.3) is 0 Å². The minimum Gasteiger partial charge on any atom is -0.478 e. The highest BCUT2D eigenvalue weighted by molar-refractivity contribution is 5.79. The lowest BCUT2D eigenvalue weighted by Crippen LogP contribution is -2.26. The number of hydrogen-bond acceptors (Lipinski definition) is 3. The molecule has 4 nitrogen and oxygen atoms in total. The van der Waals surface area contributed by atoms with Crippen molar-refractivity contribution in [3.63, 3.8) is 0 Å². The van der Waals surface area contributed by atoms with E-state index >= 15 is 0 Å². The molecule has 0 radical (unpaired) electrons. The summed E-state index contributed by atoms with van der Waals surface area (Å²) in [6.45, 7) is 2.58. The van der Waals surface area contributed by atoms with Gasteiger partial charge in [0.25, 0.3) is 0 Å². The van der Waals surface area contributed by atoms with E-state index < -0.39 is 5.97 Å². The SMILES string of the molecule is CN(C=CC(=O)O)CC1CCOCC1. The molecule has 1 aliphatic heterocycles. The van der Waals surface area contributed by atoms with Crippen molar-refractivity contribution in [2.45, 2.75) is 12.8 Å². The number of carboxylic acid groups (broad SMARTS) is 1. The van der Waals surface area contributed by atoms with Crippen molar-refractivity contribution in [1.82, 2.24) is 4.90 Å². The Morgan fingerprint density at radius 3 is 2.79 bits per heavy atom. The van der Waals surface area contributed by atoms with Crippen LogP contribution in [0.3, 0.4) is 0 Å². The smallest absolute Gasteiger partial charge is 0.329 e. The standard InChI is InChI=1S/C10H17NO3/c1-11(5-2-10(12)13)8-9-3-6-14-7-4-9/h2,5,9H,3-4,6-8H2,1H3,(H,12,13). The third-order valence-electron chi connectivity index (χ3n) is 2.36. The number of hydrogen-bond donors (Lipinski definition) is 1. The lowest BCUT2D eigenvalue weighted by molar-refractivity contribution is -0.131. The Hall–Kier alpha value is -1.03. The van der Waals surface area contributed by atoms with Gasteiger partial charge in [0.15, 0.2) is 0 Å². The molecule has 80 valence electrons. The van der Waals surface area contributed by atoms with E-state index in [-0.39, 0.29) is 0 Å². The predicted molar refractivity (Wildman–Crippen MR) is 52.9 cm³/mol. The van der Waals surface area contributed by atoms with Crippen LogP contribution in [0.1, 0.15) is 12.8 Å². The first-order valence-corrected chi connectivity index (χ1v) is 4.87. The molecule has 0 aromatic rings. The summed E-state index contributed by atoms with van der Waals surface area (Å²) in [5, 5.41) is 8.43. The molecule has 1 rings (SSSR count). The molecule has 0 atom stereocenters. The minimum absolute atomic E-state index is 0.632. The molecule has 1 heterocycles. The first-order chi connectivity index (χ1) is 6.68. The Morgan fingerprint density at radius 1 is 1.57 bits per heavy atom. The van der Waals surface area contributed by atoms with Crippen molar-refractivity contribution < 1.29 is 14.6 Å². The van der Waals surface area contributed by atoms with Crippen molar-refractivity contribution in [3.05, 3.63) is 12.3 Å². The van der Waals surface area contributed by atoms with Crippen molar-refractivity contribution in [2.75, 3.05) is 26.8 Å². The van der Waals surface area contributed by atoms with Crippen molar-refractivity contribution in [2.24, 2.45) is 5.92 Å². The maximum absolute atomic E-state index is 10.3. The Kier molecular flexibility index (Phi) is 4.46. The molecule has 0 saturated carbocycles. The monoisotopic (exact) mass is 199 g/mol. The van der Waals surface area contributed by atoms with Crippen LogP contribution in [-0.4, -0.2) is 42.8 Å². The average molecular weight is 199 g/mol. The molecule has 14 heavy (non-hydrogen) atoms. The zero-order valence-corrected chi connectivity index (χ0v) is 8.48. The van der Waals surface area contributed by atoms with Gasteiger partial charge in [-0.3, -0.25) is 0 Å². The lowest BCUT2D eigenvalue weighted by atomic mass is 10.0. The van der Waals surface area contributed by atoms with E-state index in [1.807, 2.05) is 11.9 Å². The first kappa shape index (κ1) is 11.0. The highest BCUT2D eigenvalue weighted by atomic mass is 16.5. The molecule has 1 aliphatic rings. The zero-order valence-electron chi connectivity index (χ0n) is 8.48. The second-order valence-electron chi connectivity index (χ2n) is 3.65. The molecule has 0 spiro atoms. The molecule has 0 unspecified atom stereocenters. The second-order valence-corrected chi connectivity index (χ2v) is 3.65. The topological polar surface area (TPSA) is 49.8 Å². The fourth-order valence-corrected chi connectivity index (χ4v) is 1.59. The second kappa shape index (κ2) is 5.65. The van der Waals surface area contributed by atoms with Gasteiger partial charge in [-0.05, 0) is 18.8 Å². The fourth-order valence-electron chi connectivity index (χ4n) is 1.59. The van der Waals surface area contributed by atoms with Gasteiger partial charge in [0, 0.05) is 39.1 Å². The summed E-state index contributed by atoms with van der Waals surface area (Å²) in [7, 11) is 1.90. The molecule has 0 bridgehead atoms. The highest BCUT2D eigenvalue weighted by Gasteiger charge is 2.14. The predicted octanol–water partition coefficient (Wildman–Crippen LogP) is 0.943. The van der Waals surface area contributed by atoms with Gasteiger partial charge in [-0.1, -0.05) is 0 Å². The third-order valence-corrected chi connectivity index (χ3v) is 2.36. The first-order valence-electron chi connectivity index (χ1n) is 4.87. The number of aliphatic carboxylic acids is 1. The molecular formula is C10H17NO3. The number of carbonyl (C=O) groups is 1. The molecular weight excluding hydrogens is 182 g/mol. The van der Waals surface area contributed by atoms with Gasteiger partial charge in [0.1, 0.15) is 0 Å². The summed E-state index contributed by atoms with van der Waals surface area (Å²) >= 11 is 0. The largest absolute Gasteiger partial charge is 0.478 e. The molecule has 1 saturated heterocycles. The van der Waals surface area contributed by atoms with Crippen LogP contribution in [0.15, 0.2) is 12.3 Å². The number of rotatable bonds is 4. The van der Waals surface area contributed by atoms with Crippen molar-refractivity contribution in [1.29, 1.82) is 0 Å². The quantitative estimate of drug-likeness (QED) is 0.685. The zero-order chi connectivity index (χ0) is 10.4. The van der Waals surface area contributed by atoms with E-state index in [2.05, 4.69) is 0 Å². The van der Waals surface area contributed by atoms with E-state index in [9.17, 15) is 4.79 Å². The number of nitrogens with zero attached hydrogens (tertiary/aromatic N) is 1. The highest BCUT2D eigenvalue weighted by Crippen LogP contribution is 2.15. The van der Waals surface area contributed by atoms with Crippen LogP contribution in [0.4, 0.5) is 0 Å².